The molecular weight excluding hydrogens is 372 g/mol. The van der Waals surface area contributed by atoms with Gasteiger partial charge in [0.05, 0.1) is 6.07 Å². The second-order valence-electron chi connectivity index (χ2n) is 7.25. The van der Waals surface area contributed by atoms with Gasteiger partial charge in [-0.2, -0.15) is 5.26 Å². The highest BCUT2D eigenvalue weighted by atomic mass is 35.5. The molecule has 1 amide bonds. The minimum Gasteiger partial charge on any atom is -0.310 e. The van der Waals surface area contributed by atoms with Gasteiger partial charge in [0.15, 0.2) is 0 Å². The summed E-state index contributed by atoms with van der Waals surface area (Å²) in [4.78, 5) is 21.3. The molecule has 28 heavy (non-hydrogen) atoms. The Morgan fingerprint density at radius 2 is 2.18 bits per heavy atom. The lowest BCUT2D eigenvalue weighted by Gasteiger charge is -2.12. The van der Waals surface area contributed by atoms with Crippen molar-refractivity contribution in [2.24, 2.45) is 5.92 Å². The van der Waals surface area contributed by atoms with E-state index in [-0.39, 0.29) is 23.7 Å². The van der Waals surface area contributed by atoms with Crippen molar-refractivity contribution in [2.75, 3.05) is 5.32 Å². The van der Waals surface area contributed by atoms with E-state index in [0.29, 0.717) is 17.3 Å². The van der Waals surface area contributed by atoms with Crippen molar-refractivity contribution in [3.05, 3.63) is 65.1 Å². The number of pyridine rings is 2. The third-order valence-corrected chi connectivity index (χ3v) is 5.54. The molecule has 1 aliphatic rings. The molecule has 6 heteroatoms. The number of halogens is 1. The summed E-state index contributed by atoms with van der Waals surface area (Å²) in [5.74, 6) is 0.640. The van der Waals surface area contributed by atoms with Gasteiger partial charge in [-0.3, -0.25) is 9.78 Å². The Hall–Kier alpha value is -2.97. The molecule has 0 radical (unpaired) electrons. The van der Waals surface area contributed by atoms with E-state index in [1.807, 2.05) is 43.3 Å². The van der Waals surface area contributed by atoms with Crippen LogP contribution in [0.1, 0.15) is 42.9 Å². The van der Waals surface area contributed by atoms with Gasteiger partial charge in [0, 0.05) is 46.8 Å². The van der Waals surface area contributed by atoms with E-state index < -0.39 is 0 Å². The molecule has 140 valence electrons. The molecule has 0 spiro atoms. The maximum atomic E-state index is 12.6. The van der Waals surface area contributed by atoms with E-state index >= 15 is 0 Å². The number of nitrogens with one attached hydrogen (secondary N) is 1. The van der Waals surface area contributed by atoms with Crippen LogP contribution in [0.3, 0.4) is 0 Å². The molecule has 0 unspecified atom stereocenters. The average molecular weight is 391 g/mol. The van der Waals surface area contributed by atoms with Gasteiger partial charge >= 0.3 is 0 Å². The molecule has 1 aromatic carbocycles. The summed E-state index contributed by atoms with van der Waals surface area (Å²) in [6, 6.07) is 13.6. The first kappa shape index (κ1) is 18.4. The summed E-state index contributed by atoms with van der Waals surface area (Å²) in [5.41, 5.74) is 1.89. The van der Waals surface area contributed by atoms with Crippen molar-refractivity contribution in [1.29, 1.82) is 5.26 Å². The molecule has 1 fully saturated rings. The number of nitriles is 1. The highest BCUT2D eigenvalue weighted by Crippen LogP contribution is 2.47. The van der Waals surface area contributed by atoms with Crippen molar-refractivity contribution >= 4 is 34.1 Å². The van der Waals surface area contributed by atoms with Crippen LogP contribution in [0.25, 0.3) is 10.8 Å². The summed E-state index contributed by atoms with van der Waals surface area (Å²) in [7, 11) is 0. The van der Waals surface area contributed by atoms with Gasteiger partial charge in [-0.1, -0.05) is 24.6 Å². The highest BCUT2D eigenvalue weighted by Gasteiger charge is 2.44. The van der Waals surface area contributed by atoms with Gasteiger partial charge in [0.25, 0.3) is 0 Å². The minimum atomic E-state index is -0.0659. The van der Waals surface area contributed by atoms with Crippen molar-refractivity contribution in [1.82, 2.24) is 9.97 Å². The minimum absolute atomic E-state index is 0.0328. The van der Waals surface area contributed by atoms with Gasteiger partial charge in [-0.05, 0) is 53.6 Å². The van der Waals surface area contributed by atoms with E-state index in [1.54, 1.807) is 12.4 Å². The molecule has 1 N–H and O–H groups in total. The van der Waals surface area contributed by atoms with Crippen molar-refractivity contribution in [3.8, 4) is 6.07 Å². The topological polar surface area (TPSA) is 78.7 Å². The SMILES string of the molecule is C[C@H](CC#N)c1cc2cc(NC(=O)[C@H]3C[C@@H]3c3ccccn3)ncc2cc1Cl. The van der Waals surface area contributed by atoms with E-state index in [9.17, 15) is 4.79 Å². The number of nitrogens with zero attached hydrogens (tertiary/aromatic N) is 3. The third kappa shape index (κ3) is 3.69. The van der Waals surface area contributed by atoms with Crippen molar-refractivity contribution < 1.29 is 4.79 Å². The normalized spacial score (nSPS) is 19.0. The third-order valence-electron chi connectivity index (χ3n) is 5.21. The van der Waals surface area contributed by atoms with E-state index in [1.165, 1.54) is 0 Å². The van der Waals surface area contributed by atoms with Gasteiger partial charge in [-0.25, -0.2) is 4.98 Å². The molecule has 3 atom stereocenters. The largest absolute Gasteiger partial charge is 0.310 e. The molecule has 1 aliphatic carbocycles. The smallest absolute Gasteiger partial charge is 0.229 e. The molecule has 5 nitrogen and oxygen atoms in total. The monoisotopic (exact) mass is 390 g/mol. The highest BCUT2D eigenvalue weighted by molar-refractivity contribution is 6.32. The van der Waals surface area contributed by atoms with Gasteiger partial charge < -0.3 is 5.32 Å². The van der Waals surface area contributed by atoms with Crippen LogP contribution < -0.4 is 5.32 Å². The van der Waals surface area contributed by atoms with E-state index in [4.69, 9.17) is 16.9 Å². The Labute approximate surface area is 168 Å². The summed E-state index contributed by atoms with van der Waals surface area (Å²) in [6.07, 6.45) is 4.67. The molecule has 1 saturated carbocycles. The fraction of sp³-hybridized carbons (Fsp3) is 0.273. The zero-order chi connectivity index (χ0) is 19.7. The Kier molecular flexibility index (Phi) is 4.97. The van der Waals surface area contributed by atoms with Gasteiger partial charge in [0.2, 0.25) is 5.91 Å². The lowest BCUT2D eigenvalue weighted by molar-refractivity contribution is -0.117. The number of hydrogen-bond donors (Lipinski definition) is 1. The van der Waals surface area contributed by atoms with Crippen LogP contribution >= 0.6 is 11.6 Å². The molecule has 4 rings (SSSR count). The van der Waals surface area contributed by atoms with Crippen molar-refractivity contribution in [2.45, 2.75) is 31.6 Å². The fourth-order valence-electron chi connectivity index (χ4n) is 3.50. The zero-order valence-corrected chi connectivity index (χ0v) is 16.1. The second kappa shape index (κ2) is 7.57. The van der Waals surface area contributed by atoms with Crippen LogP contribution in [-0.2, 0) is 4.79 Å². The fourth-order valence-corrected chi connectivity index (χ4v) is 3.86. The standard InChI is InChI=1S/C22H19ClN4O/c1-13(5-6-24)16-8-14-10-21(26-12-15(14)9-19(16)23)27-22(28)18-11-17(18)20-4-2-3-7-25-20/h2-4,7-10,12-13,17-18H,5,11H2,1H3,(H,26,27,28)/t13-,17+,18+/m1/s1. The first-order valence-corrected chi connectivity index (χ1v) is 9.62. The second-order valence-corrected chi connectivity index (χ2v) is 7.65. The predicted molar refractivity (Wildman–Crippen MR) is 109 cm³/mol. The lowest BCUT2D eigenvalue weighted by Crippen LogP contribution is -2.15. The first-order valence-electron chi connectivity index (χ1n) is 9.24. The maximum absolute atomic E-state index is 12.6. The molecule has 2 aromatic heterocycles. The predicted octanol–water partition coefficient (Wildman–Crippen LogP) is 5.04. The Balaban J connectivity index is 1.52. The summed E-state index contributed by atoms with van der Waals surface area (Å²) in [5, 5.41) is 14.3. The van der Waals surface area contributed by atoms with E-state index in [2.05, 4.69) is 21.4 Å². The maximum Gasteiger partial charge on any atom is 0.229 e. The molecular formula is C22H19ClN4O. The number of benzene rings is 1. The summed E-state index contributed by atoms with van der Waals surface area (Å²) >= 11 is 6.37. The Bertz CT molecular complexity index is 1080. The van der Waals surface area contributed by atoms with Crippen LogP contribution in [0.15, 0.2) is 48.8 Å². The number of carbonyl (C=O) groups is 1. The Morgan fingerprint density at radius 1 is 1.32 bits per heavy atom. The number of carbonyl (C=O) groups excluding carboxylic acids is 1. The molecule has 3 aromatic rings. The number of anilines is 1. The van der Waals surface area contributed by atoms with Crippen LogP contribution in [0, 0.1) is 17.2 Å². The lowest BCUT2D eigenvalue weighted by atomic mass is 9.96. The number of amides is 1. The average Bonchev–Trinajstić information content (AvgIpc) is 3.49. The molecule has 0 saturated heterocycles. The van der Waals surface area contributed by atoms with Crippen LogP contribution in [0.2, 0.25) is 5.02 Å². The van der Waals surface area contributed by atoms with Crippen molar-refractivity contribution in [3.63, 3.8) is 0 Å². The van der Waals surface area contributed by atoms with Crippen LogP contribution in [0.5, 0.6) is 0 Å². The summed E-state index contributed by atoms with van der Waals surface area (Å²) < 4.78 is 0. The number of aromatic nitrogens is 2. The first-order chi connectivity index (χ1) is 13.6. The number of hydrogen-bond acceptors (Lipinski definition) is 4. The van der Waals surface area contributed by atoms with Gasteiger partial charge in [-0.15, -0.1) is 0 Å². The van der Waals surface area contributed by atoms with E-state index in [0.717, 1.165) is 28.5 Å². The number of fused-ring (bicyclic) bond motifs is 1. The zero-order valence-electron chi connectivity index (χ0n) is 15.4. The van der Waals surface area contributed by atoms with Crippen LogP contribution in [0.4, 0.5) is 5.82 Å². The summed E-state index contributed by atoms with van der Waals surface area (Å²) in [6.45, 7) is 1.98. The molecule has 2 heterocycles. The van der Waals surface area contributed by atoms with Gasteiger partial charge in [0.1, 0.15) is 5.82 Å². The number of rotatable bonds is 5. The molecule has 0 aliphatic heterocycles. The quantitative estimate of drug-likeness (QED) is 0.661. The molecule has 0 bridgehead atoms. The van der Waals surface area contributed by atoms with Crippen LogP contribution in [-0.4, -0.2) is 15.9 Å². The Morgan fingerprint density at radius 3 is 2.93 bits per heavy atom.